The van der Waals surface area contributed by atoms with Crippen molar-refractivity contribution in [1.82, 2.24) is 19.5 Å². The fourth-order valence-electron chi connectivity index (χ4n) is 2.30. The van der Waals surface area contributed by atoms with E-state index in [4.69, 9.17) is 10.5 Å². The molecule has 8 heteroatoms. The highest BCUT2D eigenvalue weighted by Gasteiger charge is 2.42. The molecule has 0 saturated carbocycles. The standard InChI is InChI=1S/C11H15N5O3/c1-4-7(17)8(18)11(19-4)16-3-13-6-9(12)14-5(2)15-10(6)16/h3-4,7-8,11,17-18H,1-2H3,(H2,12,14,15)/t4-,7-,8+,11?/m1/s1. The summed E-state index contributed by atoms with van der Waals surface area (Å²) >= 11 is 0. The zero-order chi connectivity index (χ0) is 13.7. The first kappa shape index (κ1) is 12.3. The van der Waals surface area contributed by atoms with E-state index >= 15 is 0 Å². The van der Waals surface area contributed by atoms with Gasteiger partial charge >= 0.3 is 0 Å². The Bertz CT molecular complexity index is 628. The molecular weight excluding hydrogens is 250 g/mol. The van der Waals surface area contributed by atoms with Crippen molar-refractivity contribution in [3.63, 3.8) is 0 Å². The Balaban J connectivity index is 2.11. The van der Waals surface area contributed by atoms with Gasteiger partial charge in [0, 0.05) is 0 Å². The van der Waals surface area contributed by atoms with Gasteiger partial charge in [0.2, 0.25) is 0 Å². The smallest absolute Gasteiger partial charge is 0.167 e. The number of anilines is 1. The van der Waals surface area contributed by atoms with Gasteiger partial charge in [0.05, 0.1) is 12.4 Å². The quantitative estimate of drug-likeness (QED) is 0.627. The molecule has 1 fully saturated rings. The lowest BCUT2D eigenvalue weighted by Gasteiger charge is -2.16. The normalized spacial score (nSPS) is 31.2. The van der Waals surface area contributed by atoms with Crippen LogP contribution in [0.5, 0.6) is 0 Å². The van der Waals surface area contributed by atoms with E-state index in [1.165, 1.54) is 6.33 Å². The molecule has 4 N–H and O–H groups in total. The molecule has 3 rings (SSSR count). The van der Waals surface area contributed by atoms with Gasteiger partial charge in [0.15, 0.2) is 17.7 Å². The number of aryl methyl sites for hydroxylation is 1. The van der Waals surface area contributed by atoms with Gasteiger partial charge in [0.1, 0.15) is 23.5 Å². The van der Waals surface area contributed by atoms with Crippen LogP contribution in [0.4, 0.5) is 5.82 Å². The second-order valence-corrected chi connectivity index (χ2v) is 4.69. The molecule has 8 nitrogen and oxygen atoms in total. The van der Waals surface area contributed by atoms with Crippen molar-refractivity contribution in [2.45, 2.75) is 38.4 Å². The summed E-state index contributed by atoms with van der Waals surface area (Å²) < 4.78 is 7.11. The Labute approximate surface area is 108 Å². The van der Waals surface area contributed by atoms with Crippen LogP contribution in [-0.2, 0) is 4.74 Å². The Morgan fingerprint density at radius 3 is 2.68 bits per heavy atom. The summed E-state index contributed by atoms with van der Waals surface area (Å²) in [5, 5.41) is 19.8. The maximum atomic E-state index is 10.00. The molecule has 1 unspecified atom stereocenters. The molecule has 1 aliphatic heterocycles. The fourth-order valence-corrected chi connectivity index (χ4v) is 2.30. The zero-order valence-electron chi connectivity index (χ0n) is 10.6. The van der Waals surface area contributed by atoms with Gasteiger partial charge in [-0.2, -0.15) is 0 Å². The lowest BCUT2D eigenvalue weighted by Crippen LogP contribution is -2.30. The Kier molecular flexibility index (Phi) is 2.66. The van der Waals surface area contributed by atoms with Gasteiger partial charge < -0.3 is 20.7 Å². The molecule has 2 aromatic heterocycles. The van der Waals surface area contributed by atoms with Crippen LogP contribution in [0, 0.1) is 6.92 Å². The number of nitrogens with two attached hydrogens (primary N) is 1. The topological polar surface area (TPSA) is 119 Å². The van der Waals surface area contributed by atoms with E-state index in [-0.39, 0.29) is 5.82 Å². The predicted octanol–water partition coefficient (Wildman–Crippen LogP) is -0.644. The Hall–Kier alpha value is -1.77. The maximum absolute atomic E-state index is 10.00. The van der Waals surface area contributed by atoms with Gasteiger partial charge in [0.25, 0.3) is 0 Å². The summed E-state index contributed by atoms with van der Waals surface area (Å²) in [5.41, 5.74) is 6.71. The van der Waals surface area contributed by atoms with Gasteiger partial charge in [-0.3, -0.25) is 4.57 Å². The van der Waals surface area contributed by atoms with E-state index in [0.29, 0.717) is 17.0 Å². The third-order valence-corrected chi connectivity index (χ3v) is 3.31. The molecule has 4 atom stereocenters. The van der Waals surface area contributed by atoms with E-state index in [2.05, 4.69) is 15.0 Å². The minimum Gasteiger partial charge on any atom is -0.388 e. The number of fused-ring (bicyclic) bond motifs is 1. The van der Waals surface area contributed by atoms with Crippen molar-refractivity contribution in [3.05, 3.63) is 12.2 Å². The lowest BCUT2D eigenvalue weighted by atomic mass is 10.1. The third-order valence-electron chi connectivity index (χ3n) is 3.31. The fraction of sp³-hybridized carbons (Fsp3) is 0.545. The van der Waals surface area contributed by atoms with Gasteiger partial charge in [-0.25, -0.2) is 15.0 Å². The molecule has 102 valence electrons. The average molecular weight is 265 g/mol. The van der Waals surface area contributed by atoms with Crippen molar-refractivity contribution in [1.29, 1.82) is 0 Å². The SMILES string of the molecule is Cc1nc(N)c2ncn(C3O[C@H](C)[C@@H](O)[C@@H]3O)c2n1. The second-order valence-electron chi connectivity index (χ2n) is 4.69. The molecule has 2 aromatic rings. The number of rotatable bonds is 1. The van der Waals surface area contributed by atoms with Crippen LogP contribution in [0.3, 0.4) is 0 Å². The van der Waals surface area contributed by atoms with Crippen LogP contribution >= 0.6 is 0 Å². The largest absolute Gasteiger partial charge is 0.388 e. The number of nitrogens with zero attached hydrogens (tertiary/aromatic N) is 4. The zero-order valence-corrected chi connectivity index (χ0v) is 10.6. The number of ether oxygens (including phenoxy) is 1. The van der Waals surface area contributed by atoms with Crippen molar-refractivity contribution < 1.29 is 14.9 Å². The summed E-state index contributed by atoms with van der Waals surface area (Å²) in [5.74, 6) is 0.787. The van der Waals surface area contributed by atoms with Crippen molar-refractivity contribution in [2.24, 2.45) is 0 Å². The van der Waals surface area contributed by atoms with E-state index in [1.807, 2.05) is 0 Å². The molecule has 19 heavy (non-hydrogen) atoms. The highest BCUT2D eigenvalue weighted by atomic mass is 16.6. The molecule has 0 amide bonds. The molecule has 0 radical (unpaired) electrons. The lowest BCUT2D eigenvalue weighted by molar-refractivity contribution is -0.0299. The van der Waals surface area contributed by atoms with Crippen molar-refractivity contribution >= 4 is 17.0 Å². The number of aliphatic hydroxyl groups is 2. The molecule has 1 aliphatic rings. The summed E-state index contributed by atoms with van der Waals surface area (Å²) in [6.45, 7) is 3.41. The van der Waals surface area contributed by atoms with Gasteiger partial charge in [-0.15, -0.1) is 0 Å². The van der Waals surface area contributed by atoms with Gasteiger partial charge in [-0.05, 0) is 13.8 Å². The molecular formula is C11H15N5O3. The van der Waals surface area contributed by atoms with Gasteiger partial charge in [-0.1, -0.05) is 0 Å². The summed E-state index contributed by atoms with van der Waals surface area (Å²) in [6.07, 6.45) is -1.69. The number of hydrogen-bond donors (Lipinski definition) is 3. The number of aliphatic hydroxyl groups excluding tert-OH is 2. The molecule has 3 heterocycles. The van der Waals surface area contributed by atoms with Crippen LogP contribution in [0.1, 0.15) is 19.0 Å². The molecule has 1 saturated heterocycles. The number of aromatic nitrogens is 4. The number of imidazole rings is 1. The van der Waals surface area contributed by atoms with Crippen molar-refractivity contribution in [2.75, 3.05) is 5.73 Å². The van der Waals surface area contributed by atoms with E-state index in [9.17, 15) is 10.2 Å². The molecule has 0 aliphatic carbocycles. The van der Waals surface area contributed by atoms with Crippen LogP contribution in [0.25, 0.3) is 11.2 Å². The first-order valence-electron chi connectivity index (χ1n) is 5.97. The molecule has 0 aromatic carbocycles. The van der Waals surface area contributed by atoms with E-state index in [1.54, 1.807) is 18.4 Å². The molecule has 0 bridgehead atoms. The van der Waals surface area contributed by atoms with Crippen molar-refractivity contribution in [3.8, 4) is 0 Å². The van der Waals surface area contributed by atoms with E-state index < -0.39 is 24.5 Å². The summed E-state index contributed by atoms with van der Waals surface area (Å²) in [7, 11) is 0. The number of hydrogen-bond acceptors (Lipinski definition) is 7. The summed E-state index contributed by atoms with van der Waals surface area (Å²) in [4.78, 5) is 12.4. The highest BCUT2D eigenvalue weighted by molar-refractivity contribution is 5.81. The average Bonchev–Trinajstić information content (AvgIpc) is 2.86. The Morgan fingerprint density at radius 2 is 2.05 bits per heavy atom. The number of nitrogen functional groups attached to an aromatic ring is 1. The summed E-state index contributed by atoms with van der Waals surface area (Å²) in [6, 6.07) is 0. The van der Waals surface area contributed by atoms with Crippen LogP contribution < -0.4 is 5.73 Å². The first-order chi connectivity index (χ1) is 8.99. The Morgan fingerprint density at radius 1 is 1.32 bits per heavy atom. The monoisotopic (exact) mass is 265 g/mol. The van der Waals surface area contributed by atoms with Crippen LogP contribution in [-0.4, -0.2) is 48.0 Å². The van der Waals surface area contributed by atoms with Crippen LogP contribution in [0.2, 0.25) is 0 Å². The maximum Gasteiger partial charge on any atom is 0.167 e. The third kappa shape index (κ3) is 1.76. The first-order valence-corrected chi connectivity index (χ1v) is 5.97. The van der Waals surface area contributed by atoms with E-state index in [0.717, 1.165) is 0 Å². The van der Waals surface area contributed by atoms with Crippen LogP contribution in [0.15, 0.2) is 6.33 Å². The minimum absolute atomic E-state index is 0.280. The predicted molar refractivity (Wildman–Crippen MR) is 66.1 cm³/mol. The highest BCUT2D eigenvalue weighted by Crippen LogP contribution is 2.31. The minimum atomic E-state index is -1.04. The molecule has 0 spiro atoms. The second kappa shape index (κ2) is 4.12.